The van der Waals surface area contributed by atoms with Gasteiger partial charge in [-0.25, -0.2) is 8.93 Å². The van der Waals surface area contributed by atoms with Gasteiger partial charge in [-0.2, -0.15) is 13.2 Å². The highest BCUT2D eigenvalue weighted by atomic mass is 32.2. The number of Topliss-reactive ketones (excluding diaryl/α,β-unsaturated/α-hetero) is 1. The largest absolute Gasteiger partial charge is 0.494 e. The Hall–Kier alpha value is -2.19. The van der Waals surface area contributed by atoms with E-state index in [4.69, 9.17) is 4.74 Å². The number of rotatable bonds is 10. The van der Waals surface area contributed by atoms with E-state index in [1.165, 1.54) is 36.4 Å². The number of alkyl halides is 3. The first-order chi connectivity index (χ1) is 15.3. The molecule has 0 saturated carbocycles. The van der Waals surface area contributed by atoms with Gasteiger partial charge in [-0.1, -0.05) is 55.3 Å². The highest BCUT2D eigenvalue weighted by molar-refractivity contribution is 7.84. The second kappa shape index (κ2) is 10.8. The van der Waals surface area contributed by atoms with Gasteiger partial charge in [0.25, 0.3) is 0 Å². The lowest BCUT2D eigenvalue weighted by Crippen LogP contribution is -2.58. The van der Waals surface area contributed by atoms with Gasteiger partial charge in [0.05, 0.1) is 22.3 Å². The number of aryl methyl sites for hydroxylation is 1. The number of benzene rings is 2. The number of carbonyl (C=O) groups is 1. The Morgan fingerprint density at radius 1 is 1.00 bits per heavy atom. The normalized spacial score (nSPS) is 15.0. The van der Waals surface area contributed by atoms with Crippen LogP contribution in [0, 0.1) is 6.92 Å². The second-order valence-corrected chi connectivity index (χ2v) is 11.0. The van der Waals surface area contributed by atoms with Crippen LogP contribution in [0.1, 0.15) is 68.4 Å². The van der Waals surface area contributed by atoms with Crippen LogP contribution in [0.2, 0.25) is 0 Å². The maximum Gasteiger partial charge on any atom is 0.412 e. The van der Waals surface area contributed by atoms with E-state index in [9.17, 15) is 22.2 Å². The summed E-state index contributed by atoms with van der Waals surface area (Å²) in [5.74, 6) is -0.265. The van der Waals surface area contributed by atoms with Crippen LogP contribution in [-0.2, 0) is 16.5 Å². The monoisotopic (exact) mass is 483 g/mol. The first-order valence-electron chi connectivity index (χ1n) is 10.9. The molecule has 2 aromatic rings. The van der Waals surface area contributed by atoms with Crippen molar-refractivity contribution in [2.45, 2.75) is 70.3 Å². The van der Waals surface area contributed by atoms with Crippen LogP contribution in [0.15, 0.2) is 48.5 Å². The summed E-state index contributed by atoms with van der Waals surface area (Å²) in [6, 6.07) is 11.8. The Kier molecular flexibility index (Phi) is 8.88. The minimum absolute atomic E-state index is 0.164. The van der Waals surface area contributed by atoms with E-state index in [0.29, 0.717) is 12.4 Å². The highest BCUT2D eigenvalue weighted by Crippen LogP contribution is 2.44. The van der Waals surface area contributed by atoms with Crippen molar-refractivity contribution in [1.82, 2.24) is 4.72 Å². The molecule has 0 radical (unpaired) electrons. The summed E-state index contributed by atoms with van der Waals surface area (Å²) >= 11 is 0. The standard InChI is InChI=1S/C25H32F3NO3S/c1-6-7-16-32-21-14-12-20(13-15-21)24(25(26,27)28,29-33(31)23(3,4)5)17-22(30)19-10-8-18(2)9-11-19/h8-15,29H,6-7,16-17H2,1-5H3/t24-,33-/m0/s1. The fourth-order valence-corrected chi connectivity index (χ4v) is 4.01. The van der Waals surface area contributed by atoms with Gasteiger partial charge in [0, 0.05) is 12.0 Å². The molecule has 2 rings (SSSR count). The number of ether oxygens (including phenoxy) is 1. The zero-order valence-corrected chi connectivity index (χ0v) is 20.5. The molecule has 8 heteroatoms. The Balaban J connectivity index is 2.53. The molecule has 0 aliphatic heterocycles. The van der Waals surface area contributed by atoms with Crippen LogP contribution in [0.5, 0.6) is 5.75 Å². The van der Waals surface area contributed by atoms with Crippen molar-refractivity contribution in [2.75, 3.05) is 6.61 Å². The predicted molar refractivity (Wildman–Crippen MR) is 126 cm³/mol. The molecule has 4 nitrogen and oxygen atoms in total. The van der Waals surface area contributed by atoms with E-state index >= 15 is 0 Å². The Bertz CT molecular complexity index is 951. The molecule has 0 aliphatic rings. The van der Waals surface area contributed by atoms with E-state index in [-0.39, 0.29) is 11.1 Å². The summed E-state index contributed by atoms with van der Waals surface area (Å²) in [6.07, 6.45) is -4.08. The van der Waals surface area contributed by atoms with Crippen LogP contribution in [-0.4, -0.2) is 27.5 Å². The first kappa shape index (κ1) is 27.1. The molecule has 0 heterocycles. The summed E-state index contributed by atoms with van der Waals surface area (Å²) in [5.41, 5.74) is -1.98. The van der Waals surface area contributed by atoms with Crippen molar-refractivity contribution in [2.24, 2.45) is 0 Å². The number of ketones is 1. The zero-order valence-electron chi connectivity index (χ0n) is 19.7. The van der Waals surface area contributed by atoms with Gasteiger partial charge >= 0.3 is 6.18 Å². The van der Waals surface area contributed by atoms with E-state index in [2.05, 4.69) is 4.72 Å². The minimum Gasteiger partial charge on any atom is -0.494 e. The SMILES string of the molecule is CCCCOc1ccc([C@](CC(=O)c2ccc(C)cc2)(N[S@@](=O)C(C)(C)C)C(F)(F)F)cc1. The number of hydrogen-bond acceptors (Lipinski definition) is 3. The average molecular weight is 484 g/mol. The van der Waals surface area contributed by atoms with E-state index in [0.717, 1.165) is 18.4 Å². The lowest BCUT2D eigenvalue weighted by atomic mass is 9.83. The van der Waals surface area contributed by atoms with E-state index in [1.807, 2.05) is 13.8 Å². The number of unbranched alkanes of at least 4 members (excludes halogenated alkanes) is 1. The van der Waals surface area contributed by atoms with Gasteiger partial charge in [0.2, 0.25) is 0 Å². The second-order valence-electron chi connectivity index (χ2n) is 9.08. The molecule has 0 aliphatic carbocycles. The maximum atomic E-state index is 14.7. The van der Waals surface area contributed by atoms with Gasteiger partial charge in [0.1, 0.15) is 5.75 Å². The maximum absolute atomic E-state index is 14.7. The van der Waals surface area contributed by atoms with Crippen LogP contribution in [0.25, 0.3) is 0 Å². The summed E-state index contributed by atoms with van der Waals surface area (Å²) in [5, 5.41) is 0. The quantitative estimate of drug-likeness (QED) is 0.321. The highest BCUT2D eigenvalue weighted by Gasteiger charge is 2.58. The predicted octanol–water partition coefficient (Wildman–Crippen LogP) is 6.26. The van der Waals surface area contributed by atoms with Gasteiger partial charge in [-0.05, 0) is 51.8 Å². The lowest BCUT2D eigenvalue weighted by molar-refractivity contribution is -0.193. The molecule has 0 spiro atoms. The Morgan fingerprint density at radius 2 is 1.58 bits per heavy atom. The summed E-state index contributed by atoms with van der Waals surface area (Å²) in [6.45, 7) is 9.01. The lowest BCUT2D eigenvalue weighted by Gasteiger charge is -2.38. The molecule has 0 unspecified atom stereocenters. The molecule has 2 atom stereocenters. The molecule has 1 N–H and O–H groups in total. The Morgan fingerprint density at radius 3 is 2.06 bits per heavy atom. The topological polar surface area (TPSA) is 55.4 Å². The van der Waals surface area contributed by atoms with Crippen molar-refractivity contribution < 1.29 is 26.9 Å². The fourth-order valence-electron chi connectivity index (χ4n) is 3.08. The number of hydrogen-bond donors (Lipinski definition) is 1. The molecule has 0 amide bonds. The van der Waals surface area contributed by atoms with Gasteiger partial charge in [-0.15, -0.1) is 0 Å². The molecular weight excluding hydrogens is 451 g/mol. The molecule has 2 aromatic carbocycles. The van der Waals surface area contributed by atoms with Gasteiger partial charge in [0.15, 0.2) is 11.3 Å². The van der Waals surface area contributed by atoms with Crippen molar-refractivity contribution >= 4 is 16.8 Å². The van der Waals surface area contributed by atoms with Crippen LogP contribution >= 0.6 is 0 Å². The first-order valence-corrected chi connectivity index (χ1v) is 12.0. The van der Waals surface area contributed by atoms with Gasteiger partial charge in [-0.3, -0.25) is 4.79 Å². The molecule has 0 bridgehead atoms. The average Bonchev–Trinajstić information content (AvgIpc) is 2.72. The third-order valence-corrected chi connectivity index (χ3v) is 6.87. The molecule has 0 saturated heterocycles. The Labute approximate surface area is 196 Å². The van der Waals surface area contributed by atoms with Gasteiger partial charge < -0.3 is 4.74 Å². The molecule has 0 fully saturated rings. The zero-order chi connectivity index (χ0) is 24.9. The van der Waals surface area contributed by atoms with Crippen molar-refractivity contribution in [3.05, 3.63) is 65.2 Å². The summed E-state index contributed by atoms with van der Waals surface area (Å²) < 4.78 is 63.9. The van der Waals surface area contributed by atoms with Crippen molar-refractivity contribution in [3.8, 4) is 5.75 Å². The number of halogens is 3. The summed E-state index contributed by atoms with van der Waals surface area (Å²) in [7, 11) is -2.10. The van der Waals surface area contributed by atoms with Crippen LogP contribution < -0.4 is 9.46 Å². The van der Waals surface area contributed by atoms with E-state index in [1.54, 1.807) is 32.9 Å². The minimum atomic E-state index is -4.90. The molecule has 182 valence electrons. The smallest absolute Gasteiger partial charge is 0.412 e. The molecule has 33 heavy (non-hydrogen) atoms. The fraction of sp³-hybridized carbons (Fsp3) is 0.480. The van der Waals surface area contributed by atoms with Crippen LogP contribution in [0.3, 0.4) is 0 Å². The molecular formula is C25H32F3NO3S. The van der Waals surface area contributed by atoms with Crippen molar-refractivity contribution in [3.63, 3.8) is 0 Å². The molecule has 0 aromatic heterocycles. The summed E-state index contributed by atoms with van der Waals surface area (Å²) in [4.78, 5) is 13.0. The van der Waals surface area contributed by atoms with Crippen LogP contribution in [0.4, 0.5) is 13.2 Å². The third kappa shape index (κ3) is 6.90. The van der Waals surface area contributed by atoms with E-state index < -0.39 is 39.7 Å². The number of nitrogens with one attached hydrogen (secondary N) is 1. The van der Waals surface area contributed by atoms with Crippen molar-refractivity contribution in [1.29, 1.82) is 0 Å². The number of carbonyl (C=O) groups excluding carboxylic acids is 1. The third-order valence-electron chi connectivity index (χ3n) is 5.22.